The van der Waals surface area contributed by atoms with Crippen LogP contribution in [0.15, 0.2) is 54.6 Å². The SMILES string of the molecule is Cc1ccc(N(C)C(=S)Nc2ccccc2)cc1. The number of benzene rings is 2. The van der Waals surface area contributed by atoms with Crippen LogP contribution < -0.4 is 10.2 Å². The van der Waals surface area contributed by atoms with Crippen LogP contribution in [0.1, 0.15) is 5.56 Å². The molecule has 0 radical (unpaired) electrons. The molecule has 0 unspecified atom stereocenters. The highest BCUT2D eigenvalue weighted by Crippen LogP contribution is 2.15. The van der Waals surface area contributed by atoms with Crippen LogP contribution in [0.25, 0.3) is 0 Å². The number of hydrogen-bond donors (Lipinski definition) is 1. The summed E-state index contributed by atoms with van der Waals surface area (Å²) >= 11 is 5.39. The van der Waals surface area contributed by atoms with Crippen LogP contribution in [-0.4, -0.2) is 12.2 Å². The molecule has 0 bridgehead atoms. The third kappa shape index (κ3) is 3.08. The molecule has 3 heteroatoms. The summed E-state index contributed by atoms with van der Waals surface area (Å²) in [6, 6.07) is 18.2. The summed E-state index contributed by atoms with van der Waals surface area (Å²) in [5.41, 5.74) is 3.32. The van der Waals surface area contributed by atoms with Gasteiger partial charge in [-0.2, -0.15) is 0 Å². The first-order chi connectivity index (χ1) is 8.66. The van der Waals surface area contributed by atoms with Crippen LogP contribution in [0.3, 0.4) is 0 Å². The lowest BCUT2D eigenvalue weighted by atomic mass is 10.2. The first-order valence-electron chi connectivity index (χ1n) is 5.83. The second-order valence-electron chi connectivity index (χ2n) is 4.19. The maximum atomic E-state index is 5.39. The van der Waals surface area contributed by atoms with Crippen LogP contribution in [0.5, 0.6) is 0 Å². The van der Waals surface area contributed by atoms with Gasteiger partial charge in [-0.25, -0.2) is 0 Å². The first kappa shape index (κ1) is 12.6. The largest absolute Gasteiger partial charge is 0.332 e. The van der Waals surface area contributed by atoms with E-state index in [4.69, 9.17) is 12.2 Å². The highest BCUT2D eigenvalue weighted by atomic mass is 32.1. The molecule has 2 nitrogen and oxygen atoms in total. The van der Waals surface area contributed by atoms with Gasteiger partial charge < -0.3 is 10.2 Å². The second kappa shape index (κ2) is 5.65. The van der Waals surface area contributed by atoms with Gasteiger partial charge in [-0.15, -0.1) is 0 Å². The molecule has 0 atom stereocenters. The summed E-state index contributed by atoms with van der Waals surface area (Å²) in [7, 11) is 1.96. The minimum absolute atomic E-state index is 0.685. The van der Waals surface area contributed by atoms with Crippen molar-refractivity contribution in [1.82, 2.24) is 0 Å². The normalized spacial score (nSPS) is 9.89. The van der Waals surface area contributed by atoms with E-state index in [0.29, 0.717) is 5.11 Å². The lowest BCUT2D eigenvalue weighted by Crippen LogP contribution is -2.30. The van der Waals surface area contributed by atoms with Crippen molar-refractivity contribution in [2.24, 2.45) is 0 Å². The zero-order chi connectivity index (χ0) is 13.0. The Hall–Kier alpha value is -1.87. The summed E-state index contributed by atoms with van der Waals surface area (Å²) in [5.74, 6) is 0. The molecule has 0 aliphatic rings. The number of anilines is 2. The average molecular weight is 256 g/mol. The number of hydrogen-bond acceptors (Lipinski definition) is 1. The van der Waals surface area contributed by atoms with Crippen molar-refractivity contribution >= 4 is 28.7 Å². The van der Waals surface area contributed by atoms with E-state index in [0.717, 1.165) is 11.4 Å². The predicted octanol–water partition coefficient (Wildman–Crippen LogP) is 3.83. The van der Waals surface area contributed by atoms with Gasteiger partial charge >= 0.3 is 0 Å². The summed E-state index contributed by atoms with van der Waals surface area (Å²) in [6.07, 6.45) is 0. The van der Waals surface area contributed by atoms with Gasteiger partial charge in [-0.05, 0) is 43.4 Å². The molecule has 0 spiro atoms. The van der Waals surface area contributed by atoms with E-state index in [9.17, 15) is 0 Å². The zero-order valence-corrected chi connectivity index (χ0v) is 11.4. The van der Waals surface area contributed by atoms with Gasteiger partial charge in [0.25, 0.3) is 0 Å². The molecule has 0 heterocycles. The molecule has 2 rings (SSSR count). The second-order valence-corrected chi connectivity index (χ2v) is 4.58. The average Bonchev–Trinajstić information content (AvgIpc) is 2.40. The van der Waals surface area contributed by atoms with Crippen molar-refractivity contribution in [2.75, 3.05) is 17.3 Å². The third-order valence-electron chi connectivity index (χ3n) is 2.75. The Morgan fingerprint density at radius 2 is 1.61 bits per heavy atom. The molecular weight excluding hydrogens is 240 g/mol. The molecule has 0 aliphatic heterocycles. The molecule has 92 valence electrons. The maximum absolute atomic E-state index is 5.39. The Kier molecular flexibility index (Phi) is 3.95. The first-order valence-corrected chi connectivity index (χ1v) is 6.24. The van der Waals surface area contributed by atoms with Crippen molar-refractivity contribution < 1.29 is 0 Å². The minimum Gasteiger partial charge on any atom is -0.332 e. The number of nitrogens with zero attached hydrogens (tertiary/aromatic N) is 1. The third-order valence-corrected chi connectivity index (χ3v) is 3.13. The molecule has 0 fully saturated rings. The number of thiocarbonyl (C=S) groups is 1. The fourth-order valence-corrected chi connectivity index (χ4v) is 1.84. The highest BCUT2D eigenvalue weighted by molar-refractivity contribution is 7.80. The Bertz CT molecular complexity index is 520. The van der Waals surface area contributed by atoms with Gasteiger partial charge in [0, 0.05) is 18.4 Å². The molecule has 0 saturated carbocycles. The molecule has 0 aromatic heterocycles. The quantitative estimate of drug-likeness (QED) is 0.822. The standard InChI is InChI=1S/C15H16N2S/c1-12-8-10-14(11-9-12)17(2)15(18)16-13-6-4-3-5-7-13/h3-11H,1-2H3,(H,16,18). The monoisotopic (exact) mass is 256 g/mol. The lowest BCUT2D eigenvalue weighted by molar-refractivity contribution is 1.27. The summed E-state index contributed by atoms with van der Waals surface area (Å²) in [5, 5.41) is 3.90. The molecular formula is C15H16N2S. The van der Waals surface area contributed by atoms with E-state index in [2.05, 4.69) is 36.5 Å². The van der Waals surface area contributed by atoms with E-state index in [1.54, 1.807) is 0 Å². The van der Waals surface area contributed by atoms with E-state index < -0.39 is 0 Å². The van der Waals surface area contributed by atoms with Gasteiger partial charge in [-0.3, -0.25) is 0 Å². The van der Waals surface area contributed by atoms with Crippen LogP contribution in [0.4, 0.5) is 11.4 Å². The highest BCUT2D eigenvalue weighted by Gasteiger charge is 2.06. The Morgan fingerprint density at radius 1 is 1.00 bits per heavy atom. The number of aryl methyl sites for hydroxylation is 1. The van der Waals surface area contributed by atoms with E-state index >= 15 is 0 Å². The van der Waals surface area contributed by atoms with E-state index in [1.165, 1.54) is 5.56 Å². The number of rotatable bonds is 2. The Balaban J connectivity index is 2.07. The zero-order valence-electron chi connectivity index (χ0n) is 10.6. The Labute approximate surface area is 113 Å². The van der Waals surface area contributed by atoms with E-state index in [1.807, 2.05) is 42.3 Å². The van der Waals surface area contributed by atoms with Crippen LogP contribution in [0, 0.1) is 6.92 Å². The smallest absolute Gasteiger partial charge is 0.177 e. The lowest BCUT2D eigenvalue weighted by Gasteiger charge is -2.21. The molecule has 2 aromatic carbocycles. The minimum atomic E-state index is 0.685. The molecule has 1 N–H and O–H groups in total. The van der Waals surface area contributed by atoms with Gasteiger partial charge in [0.1, 0.15) is 0 Å². The summed E-state index contributed by atoms with van der Waals surface area (Å²) in [6.45, 7) is 2.07. The summed E-state index contributed by atoms with van der Waals surface area (Å²) < 4.78 is 0. The topological polar surface area (TPSA) is 15.3 Å². The van der Waals surface area contributed by atoms with Gasteiger partial charge in [0.05, 0.1) is 0 Å². The van der Waals surface area contributed by atoms with Crippen molar-refractivity contribution in [3.05, 3.63) is 60.2 Å². The number of nitrogens with one attached hydrogen (secondary N) is 1. The maximum Gasteiger partial charge on any atom is 0.177 e. The van der Waals surface area contributed by atoms with Crippen molar-refractivity contribution in [2.45, 2.75) is 6.92 Å². The molecule has 0 aliphatic carbocycles. The van der Waals surface area contributed by atoms with Gasteiger partial charge in [-0.1, -0.05) is 35.9 Å². The van der Waals surface area contributed by atoms with E-state index in [-0.39, 0.29) is 0 Å². The van der Waals surface area contributed by atoms with Gasteiger partial charge in [0.15, 0.2) is 5.11 Å². The van der Waals surface area contributed by atoms with Crippen molar-refractivity contribution in [3.63, 3.8) is 0 Å². The van der Waals surface area contributed by atoms with Crippen LogP contribution in [-0.2, 0) is 0 Å². The Morgan fingerprint density at radius 3 is 2.22 bits per heavy atom. The van der Waals surface area contributed by atoms with Crippen LogP contribution >= 0.6 is 12.2 Å². The number of para-hydroxylation sites is 1. The van der Waals surface area contributed by atoms with Crippen LogP contribution in [0.2, 0.25) is 0 Å². The van der Waals surface area contributed by atoms with Crippen molar-refractivity contribution in [1.29, 1.82) is 0 Å². The molecule has 18 heavy (non-hydrogen) atoms. The summed E-state index contributed by atoms with van der Waals surface area (Å²) in [4.78, 5) is 1.96. The van der Waals surface area contributed by atoms with Crippen molar-refractivity contribution in [3.8, 4) is 0 Å². The molecule has 0 saturated heterocycles. The van der Waals surface area contributed by atoms with Gasteiger partial charge in [0.2, 0.25) is 0 Å². The molecule has 0 amide bonds. The fraction of sp³-hybridized carbons (Fsp3) is 0.133. The molecule has 2 aromatic rings. The predicted molar refractivity (Wildman–Crippen MR) is 82.2 cm³/mol. The fourth-order valence-electron chi connectivity index (χ4n) is 1.61.